The molecule has 0 aliphatic carbocycles. The summed E-state index contributed by atoms with van der Waals surface area (Å²) in [5.41, 5.74) is 0.685. The second-order valence-electron chi connectivity index (χ2n) is 6.94. The number of nitrogens with zero attached hydrogens (tertiary/aromatic N) is 1. The number of carbonyl (C=O) groups excluding carboxylic acids is 1. The number of rotatable bonds is 8. The number of guanidine groups is 1. The number of nitrogens with one attached hydrogen (secondary N) is 3. The average molecular weight is 476 g/mol. The van der Waals surface area contributed by atoms with E-state index in [1.165, 1.54) is 0 Å². The van der Waals surface area contributed by atoms with Crippen LogP contribution in [0.3, 0.4) is 0 Å². The van der Waals surface area contributed by atoms with Crippen molar-refractivity contribution >= 4 is 35.8 Å². The van der Waals surface area contributed by atoms with Gasteiger partial charge in [0, 0.05) is 31.0 Å². The van der Waals surface area contributed by atoms with Crippen LogP contribution in [0.2, 0.25) is 0 Å². The minimum atomic E-state index is -0.386. The fourth-order valence-corrected chi connectivity index (χ4v) is 2.16. The largest absolute Gasteiger partial charge is 0.396 e. The molecule has 1 amide bonds. The number of hydrogen-bond acceptors (Lipinski definition) is 3. The third-order valence-corrected chi connectivity index (χ3v) is 3.69. The lowest BCUT2D eigenvalue weighted by Gasteiger charge is -2.18. The van der Waals surface area contributed by atoms with Crippen molar-refractivity contribution in [3.05, 3.63) is 35.9 Å². The van der Waals surface area contributed by atoms with Gasteiger partial charge in [0.05, 0.1) is 13.2 Å². The quantitative estimate of drug-likeness (QED) is 0.200. The molecule has 0 saturated carbocycles. The molecule has 1 atom stereocenters. The zero-order chi connectivity index (χ0) is 18.7. The molecule has 148 valence electrons. The Kier molecular flexibility index (Phi) is 12.2. The van der Waals surface area contributed by atoms with Crippen LogP contribution in [0.5, 0.6) is 0 Å². The van der Waals surface area contributed by atoms with Crippen molar-refractivity contribution in [1.29, 1.82) is 0 Å². The Hall–Kier alpha value is -1.35. The number of benzene rings is 1. The normalized spacial score (nSPS) is 12.7. The Morgan fingerprint density at radius 3 is 2.27 bits per heavy atom. The lowest BCUT2D eigenvalue weighted by atomic mass is 9.96. The van der Waals surface area contributed by atoms with Gasteiger partial charge in [-0.05, 0) is 12.5 Å². The topological polar surface area (TPSA) is 85.8 Å². The Morgan fingerprint density at radius 1 is 1.12 bits per heavy atom. The highest BCUT2D eigenvalue weighted by molar-refractivity contribution is 14.0. The molecule has 1 unspecified atom stereocenters. The van der Waals surface area contributed by atoms with Gasteiger partial charge in [0.25, 0.3) is 0 Å². The first-order valence-corrected chi connectivity index (χ1v) is 8.84. The third kappa shape index (κ3) is 9.38. The molecule has 0 aliphatic heterocycles. The van der Waals surface area contributed by atoms with Crippen LogP contribution in [0.4, 0.5) is 0 Å². The van der Waals surface area contributed by atoms with Crippen LogP contribution >= 0.6 is 24.0 Å². The number of aliphatic hydroxyl groups excluding tert-OH is 1. The summed E-state index contributed by atoms with van der Waals surface area (Å²) in [4.78, 5) is 16.4. The first kappa shape index (κ1) is 24.7. The van der Waals surface area contributed by atoms with Gasteiger partial charge in [-0.1, -0.05) is 51.1 Å². The van der Waals surface area contributed by atoms with Crippen LogP contribution in [0.1, 0.15) is 39.2 Å². The standard InChI is InChI=1S/C19H32N4O2.HI/c1-5-20-18(22-12-11-21-17(25)19(2,3)4)23-13-16(14-24)15-9-7-6-8-10-15;/h6-10,16,24H,5,11-14H2,1-4H3,(H,21,25)(H2,20,22,23);1H. The van der Waals surface area contributed by atoms with Gasteiger partial charge in [-0.25, -0.2) is 0 Å². The number of aliphatic imine (C=N–C) groups is 1. The first-order chi connectivity index (χ1) is 11.9. The molecule has 1 aromatic carbocycles. The van der Waals surface area contributed by atoms with E-state index in [0.29, 0.717) is 25.6 Å². The van der Waals surface area contributed by atoms with Gasteiger partial charge < -0.3 is 21.1 Å². The molecule has 0 spiro atoms. The fourth-order valence-electron chi connectivity index (χ4n) is 2.16. The molecule has 0 aliphatic rings. The van der Waals surface area contributed by atoms with Gasteiger partial charge in [-0.3, -0.25) is 9.79 Å². The molecule has 6 nitrogen and oxygen atoms in total. The van der Waals surface area contributed by atoms with Crippen molar-refractivity contribution in [2.75, 3.05) is 32.8 Å². The van der Waals surface area contributed by atoms with Crippen LogP contribution < -0.4 is 16.0 Å². The molecule has 7 heteroatoms. The van der Waals surface area contributed by atoms with Crippen molar-refractivity contribution in [2.24, 2.45) is 10.4 Å². The van der Waals surface area contributed by atoms with Gasteiger partial charge in [-0.2, -0.15) is 0 Å². The number of aliphatic hydroxyl groups is 1. The molecule has 0 bridgehead atoms. The zero-order valence-electron chi connectivity index (χ0n) is 16.2. The molecular formula is C19H33IN4O2. The summed E-state index contributed by atoms with van der Waals surface area (Å²) in [7, 11) is 0. The summed E-state index contributed by atoms with van der Waals surface area (Å²) < 4.78 is 0. The highest BCUT2D eigenvalue weighted by Crippen LogP contribution is 2.15. The second kappa shape index (κ2) is 12.9. The van der Waals surface area contributed by atoms with Gasteiger partial charge in [0.1, 0.15) is 0 Å². The van der Waals surface area contributed by atoms with Crippen LogP contribution in [0.25, 0.3) is 0 Å². The van der Waals surface area contributed by atoms with Crippen LogP contribution in [-0.4, -0.2) is 49.8 Å². The maximum absolute atomic E-state index is 11.8. The molecular weight excluding hydrogens is 443 g/mol. The van der Waals surface area contributed by atoms with Crippen molar-refractivity contribution in [1.82, 2.24) is 16.0 Å². The first-order valence-electron chi connectivity index (χ1n) is 8.84. The van der Waals surface area contributed by atoms with E-state index in [9.17, 15) is 9.90 Å². The molecule has 0 radical (unpaired) electrons. The monoisotopic (exact) mass is 476 g/mol. The zero-order valence-corrected chi connectivity index (χ0v) is 18.5. The van der Waals surface area contributed by atoms with Crippen LogP contribution in [-0.2, 0) is 4.79 Å². The van der Waals surface area contributed by atoms with Gasteiger partial charge >= 0.3 is 0 Å². The van der Waals surface area contributed by atoms with Gasteiger partial charge in [0.2, 0.25) is 5.91 Å². The SMILES string of the molecule is CCNC(=NCC(CO)c1ccccc1)NCCNC(=O)C(C)(C)C.I. The average Bonchev–Trinajstić information content (AvgIpc) is 2.58. The minimum absolute atomic E-state index is 0. The highest BCUT2D eigenvalue weighted by Gasteiger charge is 2.20. The summed E-state index contributed by atoms with van der Waals surface area (Å²) >= 11 is 0. The van der Waals surface area contributed by atoms with Crippen molar-refractivity contribution in [3.8, 4) is 0 Å². The van der Waals surface area contributed by atoms with E-state index in [1.807, 2.05) is 58.0 Å². The predicted octanol–water partition coefficient (Wildman–Crippen LogP) is 2.10. The molecule has 4 N–H and O–H groups in total. The Bertz CT molecular complexity index is 544. The van der Waals surface area contributed by atoms with E-state index in [2.05, 4.69) is 20.9 Å². The number of halogens is 1. The molecule has 26 heavy (non-hydrogen) atoms. The van der Waals surface area contributed by atoms with Crippen LogP contribution in [0, 0.1) is 5.41 Å². The molecule has 0 fully saturated rings. The number of amides is 1. The van der Waals surface area contributed by atoms with E-state index in [0.717, 1.165) is 12.1 Å². The Labute approximate surface area is 174 Å². The molecule has 0 heterocycles. The van der Waals surface area contributed by atoms with Gasteiger partial charge in [0.15, 0.2) is 5.96 Å². The Morgan fingerprint density at radius 2 is 1.73 bits per heavy atom. The fraction of sp³-hybridized carbons (Fsp3) is 0.579. The Balaban J connectivity index is 0.00000625. The van der Waals surface area contributed by atoms with Crippen LogP contribution in [0.15, 0.2) is 35.3 Å². The molecule has 1 rings (SSSR count). The number of hydrogen-bond donors (Lipinski definition) is 4. The molecule has 1 aromatic rings. The smallest absolute Gasteiger partial charge is 0.225 e. The van der Waals surface area contributed by atoms with E-state index >= 15 is 0 Å². The minimum Gasteiger partial charge on any atom is -0.396 e. The highest BCUT2D eigenvalue weighted by atomic mass is 127. The number of carbonyl (C=O) groups is 1. The van der Waals surface area contributed by atoms with E-state index in [1.54, 1.807) is 0 Å². The van der Waals surface area contributed by atoms with Crippen molar-refractivity contribution in [2.45, 2.75) is 33.6 Å². The van der Waals surface area contributed by atoms with Gasteiger partial charge in [-0.15, -0.1) is 24.0 Å². The lowest BCUT2D eigenvalue weighted by Crippen LogP contribution is -2.43. The predicted molar refractivity (Wildman–Crippen MR) is 118 cm³/mol. The maximum Gasteiger partial charge on any atom is 0.225 e. The summed E-state index contributed by atoms with van der Waals surface area (Å²) in [6.45, 7) is 10.1. The molecule has 0 aromatic heterocycles. The van der Waals surface area contributed by atoms with Crippen molar-refractivity contribution < 1.29 is 9.90 Å². The van der Waals surface area contributed by atoms with E-state index < -0.39 is 0 Å². The van der Waals surface area contributed by atoms with E-state index in [-0.39, 0.29) is 47.8 Å². The summed E-state index contributed by atoms with van der Waals surface area (Å²) in [6.07, 6.45) is 0. The van der Waals surface area contributed by atoms with Crippen molar-refractivity contribution in [3.63, 3.8) is 0 Å². The third-order valence-electron chi connectivity index (χ3n) is 3.69. The summed E-state index contributed by atoms with van der Waals surface area (Å²) in [6, 6.07) is 9.88. The second-order valence-corrected chi connectivity index (χ2v) is 6.94. The molecule has 0 saturated heterocycles. The summed E-state index contributed by atoms with van der Waals surface area (Å²) in [5.74, 6) is 0.680. The lowest BCUT2D eigenvalue weighted by molar-refractivity contribution is -0.128. The van der Waals surface area contributed by atoms with E-state index in [4.69, 9.17) is 0 Å². The summed E-state index contributed by atoms with van der Waals surface area (Å²) in [5, 5.41) is 18.9. The maximum atomic E-state index is 11.8.